The Bertz CT molecular complexity index is 354. The van der Waals surface area contributed by atoms with E-state index in [1.54, 1.807) is 0 Å². The number of hydrogen-bond donors (Lipinski definition) is 1. The highest BCUT2D eigenvalue weighted by atomic mass is 16.2. The minimum absolute atomic E-state index is 0.0153. The van der Waals surface area contributed by atoms with Crippen molar-refractivity contribution in [1.82, 2.24) is 5.32 Å². The maximum absolute atomic E-state index is 12.1. The molecule has 18 heavy (non-hydrogen) atoms. The molecule has 1 aliphatic carbocycles. The fourth-order valence-electron chi connectivity index (χ4n) is 3.70. The number of carbonyl (C=O) groups is 2. The zero-order valence-electron chi connectivity index (χ0n) is 12.0. The van der Waals surface area contributed by atoms with Crippen molar-refractivity contribution in [2.45, 2.75) is 53.4 Å². The second-order valence-corrected chi connectivity index (χ2v) is 7.05. The summed E-state index contributed by atoms with van der Waals surface area (Å²) in [5.41, 5.74) is -0.0153. The van der Waals surface area contributed by atoms with E-state index < -0.39 is 0 Å². The van der Waals surface area contributed by atoms with Gasteiger partial charge in [-0.15, -0.1) is 0 Å². The average Bonchev–Trinajstić information content (AvgIpc) is 2.17. The molecule has 1 heterocycles. The lowest BCUT2D eigenvalue weighted by molar-refractivity contribution is -0.154. The molecule has 3 nitrogen and oxygen atoms in total. The topological polar surface area (TPSA) is 46.2 Å². The van der Waals surface area contributed by atoms with Gasteiger partial charge in [-0.25, -0.2) is 0 Å². The molecule has 1 saturated carbocycles. The number of imide groups is 1. The van der Waals surface area contributed by atoms with Crippen molar-refractivity contribution in [3.05, 3.63) is 0 Å². The van der Waals surface area contributed by atoms with E-state index in [2.05, 4.69) is 33.0 Å². The van der Waals surface area contributed by atoms with Gasteiger partial charge < -0.3 is 0 Å². The highest BCUT2D eigenvalue weighted by molar-refractivity contribution is 5.99. The van der Waals surface area contributed by atoms with Gasteiger partial charge in [-0.1, -0.05) is 27.7 Å². The Kier molecular flexibility index (Phi) is 3.52. The Hall–Kier alpha value is -0.860. The van der Waals surface area contributed by atoms with Crippen molar-refractivity contribution in [3.63, 3.8) is 0 Å². The molecule has 1 N–H and O–H groups in total. The van der Waals surface area contributed by atoms with Crippen LogP contribution in [0.3, 0.4) is 0 Å². The van der Waals surface area contributed by atoms with E-state index >= 15 is 0 Å². The predicted molar refractivity (Wildman–Crippen MR) is 70.7 cm³/mol. The van der Waals surface area contributed by atoms with Crippen LogP contribution in [0, 0.1) is 29.1 Å². The van der Waals surface area contributed by atoms with Gasteiger partial charge >= 0.3 is 0 Å². The molecule has 102 valence electrons. The van der Waals surface area contributed by atoms with Crippen LogP contribution in [-0.4, -0.2) is 11.8 Å². The molecule has 1 unspecified atom stereocenters. The van der Waals surface area contributed by atoms with E-state index in [4.69, 9.17) is 0 Å². The van der Waals surface area contributed by atoms with E-state index in [0.29, 0.717) is 24.2 Å². The number of amides is 2. The molecule has 0 aromatic rings. The summed E-state index contributed by atoms with van der Waals surface area (Å²) < 4.78 is 0. The van der Waals surface area contributed by atoms with Crippen LogP contribution in [0.15, 0.2) is 0 Å². The smallest absolute Gasteiger partial charge is 0.230 e. The van der Waals surface area contributed by atoms with Crippen molar-refractivity contribution < 1.29 is 9.59 Å². The molecule has 1 atom stereocenters. The van der Waals surface area contributed by atoms with E-state index in [1.807, 2.05) is 0 Å². The molecule has 0 aromatic carbocycles. The summed E-state index contributed by atoms with van der Waals surface area (Å²) in [6, 6.07) is 0. The number of nitrogens with one attached hydrogen (secondary N) is 1. The second-order valence-electron chi connectivity index (χ2n) is 7.05. The number of hydrogen-bond acceptors (Lipinski definition) is 2. The minimum Gasteiger partial charge on any atom is -0.296 e. The van der Waals surface area contributed by atoms with E-state index in [1.165, 1.54) is 0 Å². The first-order chi connectivity index (χ1) is 8.34. The predicted octanol–water partition coefficient (Wildman–Crippen LogP) is 2.75. The molecule has 0 aromatic heterocycles. The van der Waals surface area contributed by atoms with Crippen molar-refractivity contribution in [3.8, 4) is 0 Å². The lowest BCUT2D eigenvalue weighted by atomic mass is 9.50. The van der Waals surface area contributed by atoms with Crippen LogP contribution in [0.4, 0.5) is 0 Å². The molecular weight excluding hydrogens is 226 g/mol. The van der Waals surface area contributed by atoms with Gasteiger partial charge in [0.15, 0.2) is 0 Å². The zero-order valence-corrected chi connectivity index (χ0v) is 12.0. The third kappa shape index (κ3) is 2.32. The summed E-state index contributed by atoms with van der Waals surface area (Å²) in [5.74, 6) is 1.81. The molecule has 2 amide bonds. The molecule has 2 rings (SSSR count). The minimum atomic E-state index is -0.0674. The van der Waals surface area contributed by atoms with Crippen LogP contribution in [0.1, 0.15) is 53.4 Å². The summed E-state index contributed by atoms with van der Waals surface area (Å²) >= 11 is 0. The number of rotatable bonds is 3. The third-order valence-corrected chi connectivity index (χ3v) is 4.82. The van der Waals surface area contributed by atoms with Crippen molar-refractivity contribution in [1.29, 1.82) is 0 Å². The summed E-state index contributed by atoms with van der Waals surface area (Å²) in [4.78, 5) is 23.8. The largest absolute Gasteiger partial charge is 0.296 e. The standard InChI is InChI=1S/C15H25NO2/c1-9(2)5-12-14(18)16-13(17)8-15(12)6-11(7-15)10(3)4/h9-12H,5-8H2,1-4H3,(H,16,17,18). The summed E-state index contributed by atoms with van der Waals surface area (Å²) in [7, 11) is 0. The van der Waals surface area contributed by atoms with Gasteiger partial charge in [-0.05, 0) is 42.4 Å². The summed E-state index contributed by atoms with van der Waals surface area (Å²) in [5, 5.41) is 2.52. The Morgan fingerprint density at radius 2 is 1.83 bits per heavy atom. The molecule has 1 aliphatic heterocycles. The molecular formula is C15H25NO2. The Morgan fingerprint density at radius 1 is 1.22 bits per heavy atom. The van der Waals surface area contributed by atoms with E-state index in [0.717, 1.165) is 19.3 Å². The van der Waals surface area contributed by atoms with Gasteiger partial charge in [0, 0.05) is 12.3 Å². The van der Waals surface area contributed by atoms with Crippen LogP contribution in [0.2, 0.25) is 0 Å². The average molecular weight is 251 g/mol. The molecule has 0 radical (unpaired) electrons. The maximum Gasteiger partial charge on any atom is 0.230 e. The third-order valence-electron chi connectivity index (χ3n) is 4.82. The van der Waals surface area contributed by atoms with Crippen LogP contribution in [0.25, 0.3) is 0 Å². The Labute approximate surface area is 110 Å². The van der Waals surface area contributed by atoms with E-state index in [9.17, 15) is 9.59 Å². The van der Waals surface area contributed by atoms with Crippen LogP contribution < -0.4 is 5.32 Å². The quantitative estimate of drug-likeness (QED) is 0.784. The van der Waals surface area contributed by atoms with Gasteiger partial charge in [-0.2, -0.15) is 0 Å². The number of piperidine rings is 1. The van der Waals surface area contributed by atoms with E-state index in [-0.39, 0.29) is 23.1 Å². The fraction of sp³-hybridized carbons (Fsp3) is 0.867. The summed E-state index contributed by atoms with van der Waals surface area (Å²) in [6.45, 7) is 8.77. The highest BCUT2D eigenvalue weighted by Gasteiger charge is 2.55. The zero-order chi connectivity index (χ0) is 13.5. The lowest BCUT2D eigenvalue weighted by Gasteiger charge is -2.55. The van der Waals surface area contributed by atoms with Crippen molar-refractivity contribution in [2.24, 2.45) is 29.1 Å². The van der Waals surface area contributed by atoms with Crippen LogP contribution in [0.5, 0.6) is 0 Å². The lowest BCUT2D eigenvalue weighted by Crippen LogP contribution is -2.58. The van der Waals surface area contributed by atoms with Gasteiger partial charge in [0.1, 0.15) is 0 Å². The fourth-order valence-corrected chi connectivity index (χ4v) is 3.70. The molecule has 2 aliphatic rings. The normalized spacial score (nSPS) is 36.1. The van der Waals surface area contributed by atoms with Crippen molar-refractivity contribution in [2.75, 3.05) is 0 Å². The van der Waals surface area contributed by atoms with Gasteiger partial charge in [0.25, 0.3) is 0 Å². The Balaban J connectivity index is 2.14. The maximum atomic E-state index is 12.1. The highest BCUT2D eigenvalue weighted by Crippen LogP contribution is 2.58. The first-order valence-corrected chi connectivity index (χ1v) is 7.18. The van der Waals surface area contributed by atoms with Gasteiger partial charge in [-0.3, -0.25) is 14.9 Å². The number of carbonyl (C=O) groups excluding carboxylic acids is 2. The van der Waals surface area contributed by atoms with Crippen LogP contribution >= 0.6 is 0 Å². The Morgan fingerprint density at radius 3 is 2.33 bits per heavy atom. The molecule has 1 saturated heterocycles. The SMILES string of the molecule is CC(C)CC1C(=O)NC(=O)CC12CC(C(C)C)C2. The first-order valence-electron chi connectivity index (χ1n) is 7.18. The van der Waals surface area contributed by atoms with Crippen LogP contribution in [-0.2, 0) is 9.59 Å². The molecule has 1 spiro atoms. The van der Waals surface area contributed by atoms with Crippen molar-refractivity contribution >= 4 is 11.8 Å². The first kappa shape index (κ1) is 13.6. The van der Waals surface area contributed by atoms with Gasteiger partial charge in [0.2, 0.25) is 11.8 Å². The van der Waals surface area contributed by atoms with Gasteiger partial charge in [0.05, 0.1) is 0 Å². The monoisotopic (exact) mass is 251 g/mol. The summed E-state index contributed by atoms with van der Waals surface area (Å²) in [6.07, 6.45) is 3.58. The second kappa shape index (κ2) is 4.67. The molecule has 2 fully saturated rings. The molecule has 3 heteroatoms. The molecule has 0 bridgehead atoms.